The van der Waals surface area contributed by atoms with Gasteiger partial charge in [0.1, 0.15) is 5.75 Å². The number of ether oxygens (including phenoxy) is 1. The summed E-state index contributed by atoms with van der Waals surface area (Å²) >= 11 is 1.35. The first-order valence-electron chi connectivity index (χ1n) is 5.80. The minimum Gasteiger partial charge on any atom is -0.493 e. The van der Waals surface area contributed by atoms with Crippen molar-refractivity contribution < 1.29 is 9.53 Å². The zero-order chi connectivity index (χ0) is 13.1. The average molecular weight is 261 g/mol. The summed E-state index contributed by atoms with van der Waals surface area (Å²) in [7, 11) is 0. The number of aromatic nitrogens is 1. The number of aryl methyl sites for hydroxylation is 2. The summed E-state index contributed by atoms with van der Waals surface area (Å²) in [5.41, 5.74) is 4.13. The van der Waals surface area contributed by atoms with Crippen LogP contribution in [-0.4, -0.2) is 17.9 Å². The lowest BCUT2D eigenvalue weighted by molar-refractivity contribution is 0.112. The molecule has 0 aliphatic heterocycles. The molecule has 0 amide bonds. The molecule has 18 heavy (non-hydrogen) atoms. The van der Waals surface area contributed by atoms with Gasteiger partial charge in [-0.05, 0) is 44.0 Å². The molecule has 2 aromatic rings. The normalized spacial score (nSPS) is 10.4. The standard InChI is InChI=1S/C14H15NO2S/c1-4-17-13-6-10(3)9(2)5-11(13)12-8-18-14(7-16)15-12/h5-8H,4H2,1-3H3. The van der Waals surface area contributed by atoms with Crippen LogP contribution in [0.1, 0.15) is 27.9 Å². The number of benzene rings is 1. The Morgan fingerprint density at radius 3 is 2.67 bits per heavy atom. The van der Waals surface area contributed by atoms with E-state index in [4.69, 9.17) is 4.74 Å². The molecule has 0 N–H and O–H groups in total. The van der Waals surface area contributed by atoms with Crippen molar-refractivity contribution in [1.82, 2.24) is 4.98 Å². The zero-order valence-corrected chi connectivity index (χ0v) is 11.5. The average Bonchev–Trinajstić information content (AvgIpc) is 2.82. The number of hydrogen-bond donors (Lipinski definition) is 0. The molecule has 0 aliphatic carbocycles. The van der Waals surface area contributed by atoms with Gasteiger partial charge in [-0.2, -0.15) is 0 Å². The van der Waals surface area contributed by atoms with Crippen molar-refractivity contribution in [1.29, 1.82) is 0 Å². The molecule has 0 aliphatic rings. The Balaban J connectivity index is 2.53. The van der Waals surface area contributed by atoms with E-state index in [1.165, 1.54) is 22.5 Å². The van der Waals surface area contributed by atoms with E-state index >= 15 is 0 Å². The molecular weight excluding hydrogens is 246 g/mol. The number of hydrogen-bond acceptors (Lipinski definition) is 4. The molecule has 4 heteroatoms. The maximum Gasteiger partial charge on any atom is 0.178 e. The second-order valence-corrected chi connectivity index (χ2v) is 4.94. The van der Waals surface area contributed by atoms with Crippen LogP contribution in [0.5, 0.6) is 5.75 Å². The maximum absolute atomic E-state index is 10.7. The third-order valence-corrected chi connectivity index (χ3v) is 3.56. The fourth-order valence-electron chi connectivity index (χ4n) is 1.73. The molecule has 3 nitrogen and oxygen atoms in total. The number of aldehydes is 1. The Bertz CT molecular complexity index is 575. The summed E-state index contributed by atoms with van der Waals surface area (Å²) in [6, 6.07) is 4.08. The van der Waals surface area contributed by atoms with Gasteiger partial charge in [0.2, 0.25) is 0 Å². The monoisotopic (exact) mass is 261 g/mol. The number of thiazole rings is 1. The first-order valence-corrected chi connectivity index (χ1v) is 6.68. The smallest absolute Gasteiger partial charge is 0.178 e. The Kier molecular flexibility index (Phi) is 3.77. The molecule has 0 spiro atoms. The molecule has 94 valence electrons. The highest BCUT2D eigenvalue weighted by molar-refractivity contribution is 7.11. The van der Waals surface area contributed by atoms with E-state index < -0.39 is 0 Å². The van der Waals surface area contributed by atoms with Gasteiger partial charge in [-0.1, -0.05) is 0 Å². The Morgan fingerprint density at radius 2 is 2.06 bits per heavy atom. The Morgan fingerprint density at radius 1 is 1.33 bits per heavy atom. The number of carbonyl (C=O) groups is 1. The van der Waals surface area contributed by atoms with Crippen LogP contribution in [-0.2, 0) is 0 Å². The second-order valence-electron chi connectivity index (χ2n) is 4.05. The predicted octanol–water partition coefficient (Wildman–Crippen LogP) is 3.64. The minimum atomic E-state index is 0.491. The first-order chi connectivity index (χ1) is 8.65. The molecule has 1 heterocycles. The summed E-state index contributed by atoms with van der Waals surface area (Å²) < 4.78 is 5.65. The highest BCUT2D eigenvalue weighted by Gasteiger charge is 2.12. The predicted molar refractivity (Wildman–Crippen MR) is 73.6 cm³/mol. The van der Waals surface area contributed by atoms with Crippen LogP contribution in [0.2, 0.25) is 0 Å². The van der Waals surface area contributed by atoms with E-state index in [0.717, 1.165) is 23.3 Å². The molecule has 0 radical (unpaired) electrons. The van der Waals surface area contributed by atoms with Crippen LogP contribution in [0, 0.1) is 13.8 Å². The van der Waals surface area contributed by atoms with E-state index in [0.29, 0.717) is 11.6 Å². The van der Waals surface area contributed by atoms with Gasteiger partial charge in [-0.3, -0.25) is 4.79 Å². The molecule has 0 unspecified atom stereocenters. The largest absolute Gasteiger partial charge is 0.493 e. The van der Waals surface area contributed by atoms with Gasteiger partial charge in [0.25, 0.3) is 0 Å². The summed E-state index contributed by atoms with van der Waals surface area (Å²) in [5, 5.41) is 2.38. The van der Waals surface area contributed by atoms with Crippen LogP contribution >= 0.6 is 11.3 Å². The molecule has 1 aromatic heterocycles. The number of rotatable bonds is 4. The zero-order valence-electron chi connectivity index (χ0n) is 10.7. The minimum absolute atomic E-state index is 0.491. The lowest BCUT2D eigenvalue weighted by atomic mass is 10.0. The van der Waals surface area contributed by atoms with Crippen molar-refractivity contribution in [3.05, 3.63) is 33.6 Å². The lowest BCUT2D eigenvalue weighted by Crippen LogP contribution is -1.96. The summed E-state index contributed by atoms with van der Waals surface area (Å²) in [4.78, 5) is 15.0. The van der Waals surface area contributed by atoms with Crippen LogP contribution in [0.15, 0.2) is 17.5 Å². The molecule has 0 saturated heterocycles. The van der Waals surface area contributed by atoms with E-state index in [-0.39, 0.29) is 0 Å². The molecule has 0 saturated carbocycles. The van der Waals surface area contributed by atoms with Gasteiger partial charge < -0.3 is 4.74 Å². The van der Waals surface area contributed by atoms with Crippen molar-refractivity contribution in [3.63, 3.8) is 0 Å². The molecule has 0 atom stereocenters. The second kappa shape index (κ2) is 5.31. The van der Waals surface area contributed by atoms with Crippen LogP contribution in [0.4, 0.5) is 0 Å². The molecule has 1 aromatic carbocycles. The Hall–Kier alpha value is -1.68. The first kappa shape index (κ1) is 12.8. The third-order valence-electron chi connectivity index (χ3n) is 2.79. The van der Waals surface area contributed by atoms with Gasteiger partial charge in [-0.25, -0.2) is 4.98 Å². The summed E-state index contributed by atoms with van der Waals surface area (Å²) in [5.74, 6) is 0.823. The van der Waals surface area contributed by atoms with Gasteiger partial charge in [0.05, 0.1) is 12.3 Å². The van der Waals surface area contributed by atoms with Crippen LogP contribution in [0.25, 0.3) is 11.3 Å². The topological polar surface area (TPSA) is 39.2 Å². The van der Waals surface area contributed by atoms with Crippen molar-refractivity contribution in [2.24, 2.45) is 0 Å². The fraction of sp³-hybridized carbons (Fsp3) is 0.286. The van der Waals surface area contributed by atoms with E-state index in [1.54, 1.807) is 0 Å². The number of carbonyl (C=O) groups excluding carboxylic acids is 1. The highest BCUT2D eigenvalue weighted by atomic mass is 32.1. The van der Waals surface area contributed by atoms with Crippen molar-refractivity contribution in [2.45, 2.75) is 20.8 Å². The summed E-state index contributed by atoms with van der Waals surface area (Å²) in [6.07, 6.45) is 0.773. The number of nitrogens with zero attached hydrogens (tertiary/aromatic N) is 1. The van der Waals surface area contributed by atoms with Gasteiger partial charge >= 0.3 is 0 Å². The van der Waals surface area contributed by atoms with Gasteiger partial charge in [-0.15, -0.1) is 11.3 Å². The quantitative estimate of drug-likeness (QED) is 0.789. The van der Waals surface area contributed by atoms with Crippen molar-refractivity contribution >= 4 is 17.6 Å². The van der Waals surface area contributed by atoms with E-state index in [2.05, 4.69) is 24.9 Å². The SMILES string of the molecule is CCOc1cc(C)c(C)cc1-c1csc(C=O)n1. The van der Waals surface area contributed by atoms with Crippen LogP contribution in [0.3, 0.4) is 0 Å². The van der Waals surface area contributed by atoms with Crippen molar-refractivity contribution in [2.75, 3.05) is 6.61 Å². The van der Waals surface area contributed by atoms with E-state index in [9.17, 15) is 4.79 Å². The van der Waals surface area contributed by atoms with Crippen LogP contribution < -0.4 is 4.74 Å². The van der Waals surface area contributed by atoms with Gasteiger partial charge in [0.15, 0.2) is 11.3 Å². The van der Waals surface area contributed by atoms with Gasteiger partial charge in [0, 0.05) is 10.9 Å². The molecular formula is C14H15NO2S. The summed E-state index contributed by atoms with van der Waals surface area (Å²) in [6.45, 7) is 6.68. The molecule has 0 bridgehead atoms. The van der Waals surface area contributed by atoms with Crippen molar-refractivity contribution in [3.8, 4) is 17.0 Å². The fourth-order valence-corrected chi connectivity index (χ4v) is 2.35. The highest BCUT2D eigenvalue weighted by Crippen LogP contribution is 2.33. The third kappa shape index (κ3) is 2.43. The lowest BCUT2D eigenvalue weighted by Gasteiger charge is -2.11. The molecule has 2 rings (SSSR count). The van der Waals surface area contributed by atoms with E-state index in [1.807, 2.05) is 18.4 Å². The molecule has 0 fully saturated rings. The Labute approximate surface area is 110 Å². The maximum atomic E-state index is 10.7.